The molecule has 0 aliphatic rings. The van der Waals surface area contributed by atoms with E-state index < -0.39 is 5.97 Å². The summed E-state index contributed by atoms with van der Waals surface area (Å²) in [6.07, 6.45) is -0.269. The second-order valence-corrected chi connectivity index (χ2v) is 8.03. The summed E-state index contributed by atoms with van der Waals surface area (Å²) in [6, 6.07) is 9.78. The van der Waals surface area contributed by atoms with Crippen molar-refractivity contribution in [1.29, 1.82) is 0 Å². The van der Waals surface area contributed by atoms with Gasteiger partial charge < -0.3 is 15.5 Å². The van der Waals surface area contributed by atoms with Crippen molar-refractivity contribution in [2.75, 3.05) is 6.54 Å². The van der Waals surface area contributed by atoms with Gasteiger partial charge in [-0.1, -0.05) is 27.5 Å². The first kappa shape index (κ1) is 21.9. The molecule has 0 aliphatic heterocycles. The lowest BCUT2D eigenvalue weighted by atomic mass is 10.1. The first-order chi connectivity index (χ1) is 14.2. The monoisotopic (exact) mass is 492 g/mol. The Kier molecular flexibility index (Phi) is 6.48. The van der Waals surface area contributed by atoms with E-state index in [2.05, 4.69) is 21.2 Å². The summed E-state index contributed by atoms with van der Waals surface area (Å²) >= 11 is 9.42. The number of rotatable bonds is 6. The zero-order valence-corrected chi connectivity index (χ0v) is 18.2. The maximum Gasteiger partial charge on any atom is 0.305 e. The van der Waals surface area contributed by atoms with E-state index in [0.717, 1.165) is 4.47 Å². The number of nitrogens with zero attached hydrogens (tertiary/aromatic N) is 1. The zero-order chi connectivity index (χ0) is 22.0. The van der Waals surface area contributed by atoms with Crippen molar-refractivity contribution in [3.05, 3.63) is 62.7 Å². The Balaban J connectivity index is 2.05. The van der Waals surface area contributed by atoms with Crippen molar-refractivity contribution in [2.24, 2.45) is 0 Å². The van der Waals surface area contributed by atoms with E-state index in [9.17, 15) is 19.5 Å². The predicted molar refractivity (Wildman–Crippen MR) is 116 cm³/mol. The lowest BCUT2D eigenvalue weighted by Gasteiger charge is -2.08. The average Bonchev–Trinajstić information content (AvgIpc) is 2.93. The molecule has 0 fully saturated rings. The number of phenols is 1. The molecule has 0 aliphatic carbocycles. The van der Waals surface area contributed by atoms with Crippen LogP contribution < -0.4 is 5.32 Å². The molecule has 0 spiro atoms. The van der Waals surface area contributed by atoms with Gasteiger partial charge in [-0.05, 0) is 48.9 Å². The SMILES string of the molecule is Cc1c(CC(=O)NCCC(=O)O)c2cc(O)c(Cl)cc2n1C(=O)c1ccc(Br)cc1. The van der Waals surface area contributed by atoms with Crippen molar-refractivity contribution in [1.82, 2.24) is 9.88 Å². The minimum Gasteiger partial charge on any atom is -0.506 e. The van der Waals surface area contributed by atoms with E-state index in [0.29, 0.717) is 27.7 Å². The maximum atomic E-state index is 13.2. The molecule has 7 nitrogen and oxygen atoms in total. The van der Waals surface area contributed by atoms with E-state index in [-0.39, 0.29) is 42.0 Å². The highest BCUT2D eigenvalue weighted by Gasteiger charge is 2.23. The molecule has 0 bridgehead atoms. The van der Waals surface area contributed by atoms with Crippen LogP contribution >= 0.6 is 27.5 Å². The fourth-order valence-corrected chi connectivity index (χ4v) is 3.65. The van der Waals surface area contributed by atoms with E-state index >= 15 is 0 Å². The summed E-state index contributed by atoms with van der Waals surface area (Å²) in [5.41, 5.74) is 2.00. The molecule has 156 valence electrons. The standard InChI is InChI=1S/C21H18BrClN2O5/c1-11-14(9-19(27)24-7-6-20(28)29)15-8-18(26)16(23)10-17(15)25(11)21(30)12-2-4-13(22)5-3-12/h2-5,8,10,26H,6-7,9H2,1H3,(H,24,27)(H,28,29). The zero-order valence-electron chi connectivity index (χ0n) is 15.9. The van der Waals surface area contributed by atoms with Crippen LogP contribution in [-0.2, 0) is 16.0 Å². The van der Waals surface area contributed by atoms with Crippen LogP contribution in [-0.4, -0.2) is 39.1 Å². The number of carbonyl (C=O) groups excluding carboxylic acids is 2. The number of halogens is 2. The average molecular weight is 494 g/mol. The Morgan fingerprint density at radius 3 is 2.47 bits per heavy atom. The molecular formula is C21H18BrClN2O5. The third kappa shape index (κ3) is 4.49. The number of amides is 1. The van der Waals surface area contributed by atoms with E-state index in [1.165, 1.54) is 16.7 Å². The Hall–Kier alpha value is -2.84. The molecule has 0 unspecified atom stereocenters. The third-order valence-electron chi connectivity index (χ3n) is 4.70. The third-order valence-corrected chi connectivity index (χ3v) is 5.53. The van der Waals surface area contributed by atoms with Crippen molar-refractivity contribution >= 4 is 56.2 Å². The number of nitrogens with one attached hydrogen (secondary N) is 1. The van der Waals surface area contributed by atoms with Gasteiger partial charge in [0, 0.05) is 27.7 Å². The van der Waals surface area contributed by atoms with Crippen LogP contribution in [0.3, 0.4) is 0 Å². The number of aromatic hydroxyl groups is 1. The van der Waals surface area contributed by atoms with Crippen molar-refractivity contribution < 1.29 is 24.6 Å². The topological polar surface area (TPSA) is 109 Å². The number of hydrogen-bond donors (Lipinski definition) is 3. The Bertz CT molecular complexity index is 1150. The number of carboxylic acid groups (broad SMARTS) is 1. The Morgan fingerprint density at radius 2 is 1.83 bits per heavy atom. The Labute approximate surface area is 185 Å². The van der Waals surface area contributed by atoms with E-state index in [4.69, 9.17) is 16.7 Å². The van der Waals surface area contributed by atoms with Gasteiger partial charge in [-0.3, -0.25) is 19.0 Å². The highest BCUT2D eigenvalue weighted by atomic mass is 79.9. The molecule has 3 rings (SSSR count). The first-order valence-electron chi connectivity index (χ1n) is 9.00. The number of benzene rings is 2. The van der Waals surface area contributed by atoms with Gasteiger partial charge in [-0.2, -0.15) is 0 Å². The van der Waals surface area contributed by atoms with E-state index in [1.807, 2.05) is 0 Å². The number of aliphatic carboxylic acids is 1. The molecule has 2 aromatic carbocycles. The number of hydrogen-bond acceptors (Lipinski definition) is 4. The fraction of sp³-hybridized carbons (Fsp3) is 0.190. The van der Waals surface area contributed by atoms with Crippen molar-refractivity contribution in [3.8, 4) is 5.75 Å². The number of aromatic nitrogens is 1. The molecule has 30 heavy (non-hydrogen) atoms. The van der Waals surface area contributed by atoms with Gasteiger partial charge in [0.1, 0.15) is 5.75 Å². The summed E-state index contributed by atoms with van der Waals surface area (Å²) in [7, 11) is 0. The van der Waals surface area contributed by atoms with Gasteiger partial charge >= 0.3 is 5.97 Å². The highest BCUT2D eigenvalue weighted by Crippen LogP contribution is 2.35. The normalized spacial score (nSPS) is 10.9. The van der Waals surface area contributed by atoms with Gasteiger partial charge in [0.15, 0.2) is 0 Å². The van der Waals surface area contributed by atoms with Gasteiger partial charge in [-0.25, -0.2) is 0 Å². The number of carbonyl (C=O) groups is 3. The second kappa shape index (κ2) is 8.89. The molecule has 1 amide bonds. The predicted octanol–water partition coefficient (Wildman–Crippen LogP) is 3.89. The quantitative estimate of drug-likeness (QED) is 0.483. The summed E-state index contributed by atoms with van der Waals surface area (Å²) in [6.45, 7) is 1.71. The molecule has 1 heterocycles. The largest absolute Gasteiger partial charge is 0.506 e. The molecule has 0 radical (unpaired) electrons. The summed E-state index contributed by atoms with van der Waals surface area (Å²) < 4.78 is 2.30. The smallest absolute Gasteiger partial charge is 0.305 e. The molecule has 9 heteroatoms. The minimum atomic E-state index is -1.01. The van der Waals surface area contributed by atoms with Crippen LogP contribution in [0.2, 0.25) is 5.02 Å². The molecule has 0 saturated carbocycles. The molecule has 0 atom stereocenters. The maximum absolute atomic E-state index is 13.2. The van der Waals surface area contributed by atoms with Gasteiger partial charge in [0.05, 0.1) is 23.4 Å². The minimum absolute atomic E-state index is 0.000751. The van der Waals surface area contributed by atoms with E-state index in [1.54, 1.807) is 31.2 Å². The van der Waals surface area contributed by atoms with Crippen LogP contribution in [0.4, 0.5) is 0 Å². The number of fused-ring (bicyclic) bond motifs is 1. The molecular weight excluding hydrogens is 476 g/mol. The van der Waals surface area contributed by atoms with Crippen LogP contribution in [0, 0.1) is 6.92 Å². The fourth-order valence-electron chi connectivity index (χ4n) is 3.23. The van der Waals surface area contributed by atoms with Crippen LogP contribution in [0.5, 0.6) is 5.75 Å². The Morgan fingerprint density at radius 1 is 1.17 bits per heavy atom. The van der Waals surface area contributed by atoms with Gasteiger partial charge in [0.2, 0.25) is 5.91 Å². The second-order valence-electron chi connectivity index (χ2n) is 6.70. The van der Waals surface area contributed by atoms with Crippen LogP contribution in [0.15, 0.2) is 40.9 Å². The summed E-state index contributed by atoms with van der Waals surface area (Å²) in [5, 5.41) is 21.9. The number of phenolic OH excluding ortho intramolecular Hbond substituents is 1. The molecule has 1 aromatic heterocycles. The summed E-state index contributed by atoms with van der Waals surface area (Å²) in [4.78, 5) is 36.2. The van der Waals surface area contributed by atoms with Crippen LogP contribution in [0.25, 0.3) is 10.9 Å². The van der Waals surface area contributed by atoms with Gasteiger partial charge in [0.25, 0.3) is 5.91 Å². The number of carboxylic acids is 1. The summed E-state index contributed by atoms with van der Waals surface area (Å²) in [5.74, 6) is -1.86. The van der Waals surface area contributed by atoms with Crippen LogP contribution in [0.1, 0.15) is 28.0 Å². The van der Waals surface area contributed by atoms with Crippen molar-refractivity contribution in [3.63, 3.8) is 0 Å². The molecule has 0 saturated heterocycles. The molecule has 3 N–H and O–H groups in total. The molecule has 3 aromatic rings. The first-order valence-corrected chi connectivity index (χ1v) is 10.2. The van der Waals surface area contributed by atoms with Gasteiger partial charge in [-0.15, -0.1) is 0 Å². The highest BCUT2D eigenvalue weighted by molar-refractivity contribution is 9.10. The lowest BCUT2D eigenvalue weighted by Crippen LogP contribution is -2.27. The lowest BCUT2D eigenvalue weighted by molar-refractivity contribution is -0.136. The van der Waals surface area contributed by atoms with Crippen molar-refractivity contribution in [2.45, 2.75) is 19.8 Å².